The summed E-state index contributed by atoms with van der Waals surface area (Å²) in [5.74, 6) is 2.12. The topological polar surface area (TPSA) is 34.1 Å². The van der Waals surface area contributed by atoms with Crippen LogP contribution in [0, 0.1) is 23.2 Å². The van der Waals surface area contributed by atoms with E-state index in [1.807, 2.05) is 0 Å². The van der Waals surface area contributed by atoms with E-state index in [4.69, 9.17) is 0 Å². The summed E-state index contributed by atoms with van der Waals surface area (Å²) in [5, 5.41) is 0. The van der Waals surface area contributed by atoms with Gasteiger partial charge in [0.05, 0.1) is 0 Å². The highest BCUT2D eigenvalue weighted by Crippen LogP contribution is 2.54. The van der Waals surface area contributed by atoms with Crippen molar-refractivity contribution in [3.05, 3.63) is 11.6 Å². The third-order valence-electron chi connectivity index (χ3n) is 5.46. The summed E-state index contributed by atoms with van der Waals surface area (Å²) in [5.41, 5.74) is 0.789. The first-order valence-corrected chi connectivity index (χ1v) is 8.13. The van der Waals surface area contributed by atoms with Crippen LogP contribution in [-0.2, 0) is 9.59 Å². The molecular formula is C18H28O2. The molecule has 0 radical (unpaired) electrons. The molecule has 0 aliphatic heterocycles. The van der Waals surface area contributed by atoms with Crippen LogP contribution in [0.15, 0.2) is 11.6 Å². The van der Waals surface area contributed by atoms with Crippen LogP contribution >= 0.6 is 0 Å². The number of hydrogen-bond donors (Lipinski definition) is 0. The highest BCUT2D eigenvalue weighted by Gasteiger charge is 2.50. The average molecular weight is 276 g/mol. The highest BCUT2D eigenvalue weighted by molar-refractivity contribution is 6.07. The van der Waals surface area contributed by atoms with Crippen molar-refractivity contribution in [2.24, 2.45) is 23.2 Å². The molecule has 0 aromatic heterocycles. The Morgan fingerprint density at radius 1 is 1.25 bits per heavy atom. The van der Waals surface area contributed by atoms with Gasteiger partial charge in [-0.2, -0.15) is 0 Å². The van der Waals surface area contributed by atoms with Crippen LogP contribution in [0.4, 0.5) is 0 Å². The van der Waals surface area contributed by atoms with E-state index in [1.54, 1.807) is 6.08 Å². The standard InChI is InChI=1S/C18H28O2/c1-12(2)6-5-7-13(3)15-11-17(20)16-10-14(19)8-9-18(15,16)4/h10,12-13,15H,5-9,11H2,1-4H3/t13-,15-,18-/m0/s1. The fraction of sp³-hybridized carbons (Fsp3) is 0.778. The molecule has 0 heterocycles. The van der Waals surface area contributed by atoms with Crippen LogP contribution in [0.3, 0.4) is 0 Å². The smallest absolute Gasteiger partial charge is 0.159 e. The molecule has 2 rings (SSSR count). The zero-order valence-corrected chi connectivity index (χ0v) is 13.4. The highest BCUT2D eigenvalue weighted by atomic mass is 16.1. The van der Waals surface area contributed by atoms with E-state index in [9.17, 15) is 9.59 Å². The van der Waals surface area contributed by atoms with E-state index in [0.29, 0.717) is 24.7 Å². The summed E-state index contributed by atoms with van der Waals surface area (Å²) in [7, 11) is 0. The number of carbonyl (C=O) groups excluding carboxylic acids is 2. The van der Waals surface area contributed by atoms with Crippen molar-refractivity contribution in [2.45, 2.75) is 66.2 Å². The minimum absolute atomic E-state index is 0.0394. The maximum absolute atomic E-state index is 12.2. The molecule has 3 atom stereocenters. The molecule has 2 aliphatic carbocycles. The minimum atomic E-state index is -0.0394. The van der Waals surface area contributed by atoms with Gasteiger partial charge in [-0.25, -0.2) is 0 Å². The van der Waals surface area contributed by atoms with Gasteiger partial charge in [-0.15, -0.1) is 0 Å². The molecule has 0 saturated heterocycles. The predicted molar refractivity (Wildman–Crippen MR) is 81.4 cm³/mol. The number of carbonyl (C=O) groups is 2. The molecular weight excluding hydrogens is 248 g/mol. The van der Waals surface area contributed by atoms with Crippen molar-refractivity contribution in [1.29, 1.82) is 0 Å². The Morgan fingerprint density at radius 2 is 1.95 bits per heavy atom. The molecule has 0 aromatic rings. The van der Waals surface area contributed by atoms with Crippen molar-refractivity contribution in [1.82, 2.24) is 0 Å². The zero-order chi connectivity index (χ0) is 14.9. The summed E-state index contributed by atoms with van der Waals surface area (Å²) >= 11 is 0. The average Bonchev–Trinajstić information content (AvgIpc) is 2.62. The van der Waals surface area contributed by atoms with E-state index in [1.165, 1.54) is 19.3 Å². The molecule has 0 spiro atoms. The largest absolute Gasteiger partial charge is 0.295 e. The maximum Gasteiger partial charge on any atom is 0.159 e. The number of ketones is 2. The molecule has 20 heavy (non-hydrogen) atoms. The van der Waals surface area contributed by atoms with Crippen LogP contribution in [0.5, 0.6) is 0 Å². The first-order chi connectivity index (χ1) is 9.34. The maximum atomic E-state index is 12.2. The van der Waals surface area contributed by atoms with Crippen molar-refractivity contribution in [2.75, 3.05) is 0 Å². The Hall–Kier alpha value is -0.920. The summed E-state index contributed by atoms with van der Waals surface area (Å²) in [6.45, 7) is 9.03. The lowest BCUT2D eigenvalue weighted by atomic mass is 9.66. The lowest BCUT2D eigenvalue weighted by Gasteiger charge is -2.37. The summed E-state index contributed by atoms with van der Waals surface area (Å²) in [6, 6.07) is 0. The third kappa shape index (κ3) is 2.89. The van der Waals surface area contributed by atoms with Crippen LogP contribution in [-0.4, -0.2) is 11.6 Å². The van der Waals surface area contributed by atoms with Crippen molar-refractivity contribution < 1.29 is 9.59 Å². The SMILES string of the molecule is CC(C)CCC[C@H](C)[C@@H]1CC(=O)C2=CC(=O)CC[C@]21C. The van der Waals surface area contributed by atoms with Gasteiger partial charge < -0.3 is 0 Å². The third-order valence-corrected chi connectivity index (χ3v) is 5.46. The molecule has 0 amide bonds. The Bertz CT molecular complexity index is 433. The van der Waals surface area contributed by atoms with E-state index in [0.717, 1.165) is 17.9 Å². The molecule has 2 nitrogen and oxygen atoms in total. The molecule has 2 heteroatoms. The van der Waals surface area contributed by atoms with Crippen LogP contribution < -0.4 is 0 Å². The van der Waals surface area contributed by atoms with Crippen LogP contribution in [0.25, 0.3) is 0 Å². The fourth-order valence-electron chi connectivity index (χ4n) is 4.11. The van der Waals surface area contributed by atoms with E-state index < -0.39 is 0 Å². The molecule has 112 valence electrons. The second kappa shape index (κ2) is 5.83. The van der Waals surface area contributed by atoms with Gasteiger partial charge in [-0.1, -0.05) is 47.0 Å². The summed E-state index contributed by atoms with van der Waals surface area (Å²) in [4.78, 5) is 23.8. The van der Waals surface area contributed by atoms with Gasteiger partial charge in [-0.05, 0) is 30.3 Å². The van der Waals surface area contributed by atoms with Gasteiger partial charge in [-0.3, -0.25) is 9.59 Å². The minimum Gasteiger partial charge on any atom is -0.295 e. The van der Waals surface area contributed by atoms with Gasteiger partial charge in [0.25, 0.3) is 0 Å². The van der Waals surface area contributed by atoms with E-state index >= 15 is 0 Å². The Morgan fingerprint density at radius 3 is 2.60 bits per heavy atom. The molecule has 0 unspecified atom stereocenters. The molecule has 0 aromatic carbocycles. The number of allylic oxidation sites excluding steroid dienone is 2. The Kier molecular flexibility index (Phi) is 4.51. The van der Waals surface area contributed by atoms with Gasteiger partial charge in [0, 0.05) is 23.8 Å². The number of hydrogen-bond acceptors (Lipinski definition) is 2. The number of fused-ring (bicyclic) bond motifs is 1. The Labute approximate surface area is 123 Å². The summed E-state index contributed by atoms with van der Waals surface area (Å²) < 4.78 is 0. The zero-order valence-electron chi connectivity index (χ0n) is 13.4. The van der Waals surface area contributed by atoms with Crippen molar-refractivity contribution in [3.63, 3.8) is 0 Å². The molecule has 2 aliphatic rings. The van der Waals surface area contributed by atoms with E-state index in [2.05, 4.69) is 27.7 Å². The molecule has 1 saturated carbocycles. The van der Waals surface area contributed by atoms with Gasteiger partial charge >= 0.3 is 0 Å². The lowest BCUT2D eigenvalue weighted by Crippen LogP contribution is -2.32. The normalized spacial score (nSPS) is 31.4. The first kappa shape index (κ1) is 15.5. The van der Waals surface area contributed by atoms with Crippen LogP contribution in [0.1, 0.15) is 66.2 Å². The predicted octanol–water partition coefficient (Wildman–Crippen LogP) is 4.33. The fourth-order valence-corrected chi connectivity index (χ4v) is 4.11. The molecule has 1 fully saturated rings. The van der Waals surface area contributed by atoms with Crippen molar-refractivity contribution in [3.8, 4) is 0 Å². The second-order valence-electron chi connectivity index (χ2n) is 7.48. The quantitative estimate of drug-likeness (QED) is 0.749. The lowest BCUT2D eigenvalue weighted by molar-refractivity contribution is -0.118. The summed E-state index contributed by atoms with van der Waals surface area (Å²) in [6.07, 6.45) is 7.49. The van der Waals surface area contributed by atoms with E-state index in [-0.39, 0.29) is 17.0 Å². The Balaban J connectivity index is 2.08. The van der Waals surface area contributed by atoms with Crippen molar-refractivity contribution >= 4 is 11.6 Å². The van der Waals surface area contributed by atoms with Gasteiger partial charge in [0.1, 0.15) is 0 Å². The number of rotatable bonds is 5. The monoisotopic (exact) mass is 276 g/mol. The first-order valence-electron chi connectivity index (χ1n) is 8.13. The van der Waals surface area contributed by atoms with Gasteiger partial charge in [0.2, 0.25) is 0 Å². The van der Waals surface area contributed by atoms with Crippen LogP contribution in [0.2, 0.25) is 0 Å². The molecule has 0 N–H and O–H groups in total. The van der Waals surface area contributed by atoms with Gasteiger partial charge in [0.15, 0.2) is 11.6 Å². The number of Topliss-reactive ketones (excluding diaryl/α,β-unsaturated/α-hetero) is 1. The second-order valence-corrected chi connectivity index (χ2v) is 7.48. The molecule has 0 bridgehead atoms.